The second-order valence-electron chi connectivity index (χ2n) is 32.9. The van der Waals surface area contributed by atoms with Gasteiger partial charge < -0.3 is 77.3 Å². The lowest BCUT2D eigenvalue weighted by Gasteiger charge is -2.38. The number of urea groups is 2. The highest BCUT2D eigenvalue weighted by atomic mass is 19.1. The van der Waals surface area contributed by atoms with E-state index >= 15 is 0 Å². The summed E-state index contributed by atoms with van der Waals surface area (Å²) in [6.07, 6.45) is 17.6. The number of ether oxygens (including phenoxy) is 12. The van der Waals surface area contributed by atoms with Gasteiger partial charge in [-0.1, -0.05) is 55.3 Å². The zero-order valence-corrected chi connectivity index (χ0v) is 76.9. The molecule has 6 aromatic rings. The number of hydrogen-bond acceptors (Lipinski definition) is 28. The second-order valence-corrected chi connectivity index (χ2v) is 32.9. The third-order valence-electron chi connectivity index (χ3n) is 21.4. The van der Waals surface area contributed by atoms with Crippen LogP contribution in [0.1, 0.15) is 262 Å². The lowest BCUT2D eigenvalue weighted by molar-refractivity contribution is -0.122. The fourth-order valence-corrected chi connectivity index (χ4v) is 15.4. The van der Waals surface area contributed by atoms with E-state index in [1.165, 1.54) is 82.6 Å². The summed E-state index contributed by atoms with van der Waals surface area (Å²) in [6.45, 7) is 13.8. The SMILES string of the molecule is C.C.C.C.C.CNCC1C=C2CCCN(C(=O)Nc3cc(F)c(C#N)cn3)C2=NC1C(OC)OC.CNCc1cc2c(nc1C(OC)OC)CCCC2.COC(OC)c1nc2c(cc1C=O)CCCC2.COC(OC)c1nc2c(cc1CN(C)C(=O)OC(C)(C)C)CCCC2.COC(OC)c1nc2c(cc1CN(C)C(=O)OC(C)(C)C)CCCN2C(=O)Nc1cc(F)c(C#N)cn1. The van der Waals surface area contributed by atoms with Crippen LogP contribution in [0.5, 0.6) is 0 Å². The Labute approximate surface area is 780 Å². The number of halogens is 2. The molecule has 3 aliphatic heterocycles. The van der Waals surface area contributed by atoms with Gasteiger partial charge in [-0.3, -0.25) is 45.2 Å². The lowest BCUT2D eigenvalue weighted by Crippen LogP contribution is -2.49. The van der Waals surface area contributed by atoms with Crippen LogP contribution in [-0.4, -0.2) is 223 Å². The van der Waals surface area contributed by atoms with Crippen LogP contribution in [0.2, 0.25) is 0 Å². The maximum atomic E-state index is 14.0. The molecule has 3 aliphatic carbocycles. The Morgan fingerprint density at radius 3 is 1.29 bits per heavy atom. The molecule has 12 rings (SSSR count). The molecular formula is C96H145F2N17O17. The first kappa shape index (κ1) is 116. The van der Waals surface area contributed by atoms with E-state index in [9.17, 15) is 32.8 Å². The van der Waals surface area contributed by atoms with E-state index in [2.05, 4.69) is 54.4 Å². The first-order valence-corrected chi connectivity index (χ1v) is 42.4. The van der Waals surface area contributed by atoms with Gasteiger partial charge in [0, 0.05) is 152 Å². The number of piperidine rings is 1. The van der Waals surface area contributed by atoms with Crippen molar-refractivity contribution in [3.63, 3.8) is 0 Å². The number of nitrogens with one attached hydrogen (secondary N) is 4. The Hall–Kier alpha value is -10.6. The number of methoxy groups -OCH3 is 10. The van der Waals surface area contributed by atoms with Gasteiger partial charge in [-0.2, -0.15) is 10.5 Å². The highest BCUT2D eigenvalue weighted by Crippen LogP contribution is 2.37. The van der Waals surface area contributed by atoms with Gasteiger partial charge >= 0.3 is 24.2 Å². The number of likely N-dealkylation sites (tertiary alicyclic amines) is 1. The van der Waals surface area contributed by atoms with Gasteiger partial charge in [0.05, 0.1) is 25.5 Å². The van der Waals surface area contributed by atoms with Gasteiger partial charge in [-0.25, -0.2) is 42.9 Å². The number of hydrogen-bond donors (Lipinski definition) is 4. The smallest absolute Gasteiger partial charge is 0.410 e. The minimum Gasteiger partial charge on any atom is -0.444 e. The van der Waals surface area contributed by atoms with Crippen LogP contribution < -0.4 is 26.2 Å². The minimum atomic E-state index is -0.853. The number of nitrogens with zero attached hydrogens (tertiary/aromatic N) is 13. The maximum Gasteiger partial charge on any atom is 0.410 e. The van der Waals surface area contributed by atoms with Crippen molar-refractivity contribution in [1.29, 1.82) is 10.5 Å². The average molecular weight is 1850 g/mol. The number of aromatic nitrogens is 6. The third kappa shape index (κ3) is 31.5. The predicted molar refractivity (Wildman–Crippen MR) is 503 cm³/mol. The molecule has 1 fully saturated rings. The number of dihydropyridines is 1. The van der Waals surface area contributed by atoms with E-state index in [-0.39, 0.29) is 90.8 Å². The zero-order chi connectivity index (χ0) is 92.8. The van der Waals surface area contributed by atoms with Crippen molar-refractivity contribution in [2.24, 2.45) is 10.9 Å². The standard InChI is InChI=1S/C25H31FN6O5.C20H25FN6O3.C19H30N2O4.C14H22N2O2.C13H17NO3.5CH4/c1-25(2,3)37-24(34)31(4)14-16-10-15-8-7-9-32(21(15)30-20(16)22(35-5)36-6)23(33)29-19-11-18(26)17(12-27)13-28-19;1-23-10-13-7-12-5-4-6-27(18(12)26-17(13)19(29-2)30-3)20(28)25-16-8-15(21)14(9-22)11-24-16;1-19(2,3)25-18(22)21(4)12-14-11-13-9-7-8-10-15(13)20-16(14)17(23-5)24-6;1-15-9-11-8-10-6-4-5-7-12(10)16-13(11)14(17-2)18-3;1-16-13(17-2)12-10(8-15)7-9-5-3-4-6-11(9)14-12;;;;;/h10-11,13,22H,7-9,14H2,1-6H3,(H,28,29,33);7-8,11,13,17,19,23H,4-6,10H2,1-3H3,(H,24,25,28);11,17H,7-10,12H2,1-6H3;8,14-15H,4-7,9H2,1-3H3;7-8,13H,3-6H2,1-2H3;5*1H4. The molecule has 132 heavy (non-hydrogen) atoms. The summed E-state index contributed by atoms with van der Waals surface area (Å²) in [5.41, 5.74) is 13.4. The zero-order valence-electron chi connectivity index (χ0n) is 76.9. The molecule has 0 saturated carbocycles. The quantitative estimate of drug-likeness (QED) is 0.0289. The molecular weight excluding hydrogens is 1700 g/mol. The molecule has 6 amide bonds. The van der Waals surface area contributed by atoms with Crippen molar-refractivity contribution in [3.8, 4) is 12.1 Å². The number of rotatable bonds is 26. The molecule has 34 nitrogen and oxygen atoms in total. The van der Waals surface area contributed by atoms with Gasteiger partial charge in [0.25, 0.3) is 0 Å². The van der Waals surface area contributed by atoms with E-state index in [0.717, 1.165) is 141 Å². The molecule has 0 bridgehead atoms. The van der Waals surface area contributed by atoms with Gasteiger partial charge in [0.15, 0.2) is 12.6 Å². The minimum absolute atomic E-state index is 0. The fraction of sp³-hybridized carbons (Fsp3) is 0.583. The molecule has 6 aromatic heterocycles. The first-order valence-electron chi connectivity index (χ1n) is 42.4. The number of amidine groups is 1. The van der Waals surface area contributed by atoms with Gasteiger partial charge in [0.1, 0.15) is 98.2 Å². The number of carbonyl (C=O) groups is 5. The van der Waals surface area contributed by atoms with E-state index in [0.29, 0.717) is 73.2 Å². The Morgan fingerprint density at radius 2 is 0.879 bits per heavy atom. The molecule has 730 valence electrons. The summed E-state index contributed by atoms with van der Waals surface area (Å²) >= 11 is 0. The summed E-state index contributed by atoms with van der Waals surface area (Å²) in [6, 6.07) is 12.3. The van der Waals surface area contributed by atoms with E-state index in [1.54, 1.807) is 109 Å². The number of aliphatic imine (C=N–C) groups is 1. The third-order valence-corrected chi connectivity index (χ3v) is 21.4. The Bertz CT molecular complexity index is 4860. The molecule has 0 radical (unpaired) electrons. The summed E-state index contributed by atoms with van der Waals surface area (Å²) in [5.74, 6) is -0.517. The van der Waals surface area contributed by atoms with Crippen LogP contribution in [0, 0.1) is 40.2 Å². The highest BCUT2D eigenvalue weighted by molar-refractivity contribution is 6.11. The summed E-state index contributed by atoms with van der Waals surface area (Å²) < 4.78 is 92.4. The summed E-state index contributed by atoms with van der Waals surface area (Å²) in [7, 11) is 22.8. The van der Waals surface area contributed by atoms with Crippen molar-refractivity contribution < 1.29 is 89.6 Å². The predicted octanol–water partition coefficient (Wildman–Crippen LogP) is 16.8. The van der Waals surface area contributed by atoms with Crippen LogP contribution in [0.3, 0.4) is 0 Å². The monoisotopic (exact) mass is 1850 g/mol. The van der Waals surface area contributed by atoms with Crippen molar-refractivity contribution >= 4 is 53.8 Å². The van der Waals surface area contributed by atoms with Crippen molar-refractivity contribution in [2.75, 3.05) is 134 Å². The van der Waals surface area contributed by atoms with Crippen LogP contribution in [-0.2, 0) is 121 Å². The topological polar surface area (TPSA) is 394 Å². The van der Waals surface area contributed by atoms with Crippen molar-refractivity contribution in [2.45, 2.75) is 250 Å². The Balaban J connectivity index is 0.000000432. The number of anilines is 3. The average Bonchev–Trinajstić information content (AvgIpc) is 0.778. The molecule has 2 atom stereocenters. The Kier molecular flexibility index (Phi) is 48.9. The summed E-state index contributed by atoms with van der Waals surface area (Å²) in [5, 5.41) is 29.2. The number of amides is 6. The number of aldehydes is 1. The van der Waals surface area contributed by atoms with Crippen LogP contribution in [0.4, 0.5) is 45.4 Å². The molecule has 1 saturated heterocycles. The number of nitriles is 2. The first-order chi connectivity index (χ1) is 60.8. The van der Waals surface area contributed by atoms with Crippen LogP contribution >= 0.6 is 0 Å². The number of aryl methyl sites for hydroxylation is 7. The molecule has 0 spiro atoms. The molecule has 0 aromatic carbocycles. The number of fused-ring (bicyclic) bond motifs is 5. The number of pyridine rings is 6. The second kappa shape index (κ2) is 55.8. The van der Waals surface area contributed by atoms with E-state index in [1.807, 2.05) is 47.0 Å². The summed E-state index contributed by atoms with van der Waals surface area (Å²) in [4.78, 5) is 99.5. The van der Waals surface area contributed by atoms with Crippen molar-refractivity contribution in [1.82, 2.24) is 55.2 Å². The molecule has 9 heterocycles. The fourth-order valence-electron chi connectivity index (χ4n) is 15.4. The molecule has 2 unspecified atom stereocenters. The molecule has 36 heteroatoms. The highest BCUT2D eigenvalue weighted by Gasteiger charge is 2.39. The van der Waals surface area contributed by atoms with Gasteiger partial charge in [0.2, 0.25) is 25.2 Å². The maximum absolute atomic E-state index is 14.0. The van der Waals surface area contributed by atoms with E-state index in [4.69, 9.17) is 87.3 Å². The van der Waals surface area contributed by atoms with Gasteiger partial charge in [-0.05, 0) is 215 Å². The number of carbonyl (C=O) groups excluding carboxylic acids is 5. The largest absolute Gasteiger partial charge is 0.444 e. The normalized spacial score (nSPS) is 15.1. The van der Waals surface area contributed by atoms with Crippen LogP contribution in [0.25, 0.3) is 0 Å². The lowest BCUT2D eigenvalue weighted by atomic mass is 9.89. The van der Waals surface area contributed by atoms with Gasteiger partial charge in [-0.15, -0.1) is 0 Å². The van der Waals surface area contributed by atoms with Crippen LogP contribution in [0.15, 0.2) is 65.4 Å². The Morgan fingerprint density at radius 1 is 0.500 bits per heavy atom. The molecule has 6 aliphatic rings. The van der Waals surface area contributed by atoms with E-state index < -0.39 is 66.2 Å². The molecule has 4 N–H and O–H groups in total. The van der Waals surface area contributed by atoms with Crippen molar-refractivity contribution in [3.05, 3.63) is 168 Å².